The zero-order chi connectivity index (χ0) is 12.3. The molecule has 0 aromatic carbocycles. The van der Waals surface area contributed by atoms with Crippen molar-refractivity contribution in [1.82, 2.24) is 19.9 Å². The van der Waals surface area contributed by atoms with E-state index in [1.54, 1.807) is 0 Å². The van der Waals surface area contributed by atoms with Crippen LogP contribution >= 0.6 is 0 Å². The van der Waals surface area contributed by atoms with Gasteiger partial charge in [-0.1, -0.05) is 5.16 Å². The van der Waals surface area contributed by atoms with Crippen molar-refractivity contribution < 1.29 is 9.32 Å². The minimum absolute atomic E-state index is 0.153. The molecule has 6 heteroatoms. The maximum Gasteiger partial charge on any atom is 0.238 e. The Bertz CT molecular complexity index is 383. The van der Waals surface area contributed by atoms with Crippen LogP contribution < -0.4 is 0 Å². The summed E-state index contributed by atoms with van der Waals surface area (Å²) < 4.78 is 5.02. The van der Waals surface area contributed by atoms with Gasteiger partial charge in [-0.3, -0.25) is 4.79 Å². The first-order chi connectivity index (χ1) is 8.15. The Morgan fingerprint density at radius 2 is 2.06 bits per heavy atom. The maximum absolute atomic E-state index is 11.0. The predicted octanol–water partition coefficient (Wildman–Crippen LogP) is 0.0621. The number of nitrogens with zero attached hydrogens (tertiary/aromatic N) is 4. The maximum atomic E-state index is 11.0. The van der Waals surface area contributed by atoms with E-state index in [2.05, 4.69) is 27.0 Å². The second-order valence-electron chi connectivity index (χ2n) is 4.46. The molecule has 94 valence electrons. The minimum atomic E-state index is -0.153. The van der Waals surface area contributed by atoms with E-state index in [1.165, 1.54) is 6.92 Å². The smallest absolute Gasteiger partial charge is 0.238 e. The minimum Gasteiger partial charge on any atom is -0.339 e. The molecule has 0 spiro atoms. The Balaban J connectivity index is 1.79. The molecule has 6 nitrogen and oxygen atoms in total. The van der Waals surface area contributed by atoms with E-state index >= 15 is 0 Å². The van der Waals surface area contributed by atoms with Gasteiger partial charge in [0.2, 0.25) is 17.5 Å². The fraction of sp³-hybridized carbons (Fsp3) is 0.727. The third-order valence-corrected chi connectivity index (χ3v) is 3.02. The van der Waals surface area contributed by atoms with E-state index in [0.717, 1.165) is 32.7 Å². The fourth-order valence-electron chi connectivity index (χ4n) is 1.82. The summed E-state index contributed by atoms with van der Waals surface area (Å²) in [6, 6.07) is 0. The first kappa shape index (κ1) is 12.2. The van der Waals surface area contributed by atoms with E-state index in [4.69, 9.17) is 4.52 Å². The van der Waals surface area contributed by atoms with Gasteiger partial charge >= 0.3 is 0 Å². The fourth-order valence-corrected chi connectivity index (χ4v) is 1.82. The van der Waals surface area contributed by atoms with Crippen molar-refractivity contribution in [2.24, 2.45) is 0 Å². The number of carbonyl (C=O) groups is 1. The molecule has 0 aliphatic carbocycles. The van der Waals surface area contributed by atoms with Gasteiger partial charge in [0.05, 0.1) is 0 Å². The van der Waals surface area contributed by atoms with E-state index in [9.17, 15) is 4.79 Å². The highest BCUT2D eigenvalue weighted by molar-refractivity contribution is 5.89. The highest BCUT2D eigenvalue weighted by atomic mass is 16.5. The van der Waals surface area contributed by atoms with Crippen LogP contribution in [-0.2, 0) is 6.42 Å². The van der Waals surface area contributed by atoms with Crippen LogP contribution in [0.3, 0.4) is 0 Å². The Morgan fingerprint density at radius 1 is 1.35 bits per heavy atom. The summed E-state index contributed by atoms with van der Waals surface area (Å²) in [5.74, 6) is 0.576. The van der Waals surface area contributed by atoms with Gasteiger partial charge in [0, 0.05) is 46.1 Å². The lowest BCUT2D eigenvalue weighted by Gasteiger charge is -2.31. The molecule has 0 unspecified atom stereocenters. The highest BCUT2D eigenvalue weighted by Crippen LogP contribution is 2.03. The molecule has 0 N–H and O–H groups in total. The van der Waals surface area contributed by atoms with Crippen LogP contribution in [0.5, 0.6) is 0 Å². The molecule has 2 heterocycles. The molecule has 0 radical (unpaired) electrons. The lowest BCUT2D eigenvalue weighted by molar-refractivity contribution is 0.100. The third kappa shape index (κ3) is 3.34. The molecule has 1 aliphatic rings. The van der Waals surface area contributed by atoms with Crippen LogP contribution in [0.1, 0.15) is 23.4 Å². The van der Waals surface area contributed by atoms with Gasteiger partial charge in [0.15, 0.2) is 0 Å². The molecule has 0 amide bonds. The molecule has 1 aromatic rings. The zero-order valence-corrected chi connectivity index (χ0v) is 10.3. The second-order valence-corrected chi connectivity index (χ2v) is 4.46. The molecular formula is C11H18N4O2. The van der Waals surface area contributed by atoms with E-state index in [0.29, 0.717) is 12.3 Å². The molecule has 2 rings (SSSR count). The van der Waals surface area contributed by atoms with Crippen LogP contribution in [0, 0.1) is 0 Å². The van der Waals surface area contributed by atoms with Gasteiger partial charge in [0.1, 0.15) is 0 Å². The van der Waals surface area contributed by atoms with Crippen molar-refractivity contribution in [3.63, 3.8) is 0 Å². The SMILES string of the molecule is CC(=O)c1noc(CCN2CCN(C)CC2)n1. The Kier molecular flexibility index (Phi) is 3.86. The van der Waals surface area contributed by atoms with Gasteiger partial charge in [0.25, 0.3) is 0 Å². The highest BCUT2D eigenvalue weighted by Gasteiger charge is 2.15. The van der Waals surface area contributed by atoms with Crippen molar-refractivity contribution in [1.29, 1.82) is 0 Å². The van der Waals surface area contributed by atoms with E-state index < -0.39 is 0 Å². The van der Waals surface area contributed by atoms with Gasteiger partial charge in [-0.2, -0.15) is 4.98 Å². The average molecular weight is 238 g/mol. The van der Waals surface area contributed by atoms with Crippen molar-refractivity contribution in [3.8, 4) is 0 Å². The first-order valence-corrected chi connectivity index (χ1v) is 5.89. The van der Waals surface area contributed by atoms with Crippen molar-refractivity contribution >= 4 is 5.78 Å². The lowest BCUT2D eigenvalue weighted by atomic mass is 10.3. The van der Waals surface area contributed by atoms with Gasteiger partial charge < -0.3 is 14.3 Å². The molecule has 17 heavy (non-hydrogen) atoms. The van der Waals surface area contributed by atoms with Gasteiger partial charge in [-0.05, 0) is 7.05 Å². The Hall–Kier alpha value is -1.27. The van der Waals surface area contributed by atoms with E-state index in [1.807, 2.05) is 0 Å². The summed E-state index contributed by atoms with van der Waals surface area (Å²) in [5.41, 5.74) is 0. The zero-order valence-electron chi connectivity index (χ0n) is 10.3. The Labute approximate surface area is 101 Å². The normalized spacial score (nSPS) is 18.5. The number of Topliss-reactive ketones (excluding diaryl/α,β-unsaturated/α-hetero) is 1. The largest absolute Gasteiger partial charge is 0.339 e. The quantitative estimate of drug-likeness (QED) is 0.691. The lowest BCUT2D eigenvalue weighted by Crippen LogP contribution is -2.45. The molecule has 1 fully saturated rings. The Morgan fingerprint density at radius 3 is 2.65 bits per heavy atom. The van der Waals surface area contributed by atoms with Crippen molar-refractivity contribution in [3.05, 3.63) is 11.7 Å². The summed E-state index contributed by atoms with van der Waals surface area (Å²) in [6.45, 7) is 6.70. The topological polar surface area (TPSA) is 62.5 Å². The average Bonchev–Trinajstić information content (AvgIpc) is 2.77. The van der Waals surface area contributed by atoms with Crippen LogP contribution in [0.2, 0.25) is 0 Å². The number of hydrogen-bond donors (Lipinski definition) is 0. The summed E-state index contributed by atoms with van der Waals surface area (Å²) in [6.07, 6.45) is 0.712. The predicted molar refractivity (Wildman–Crippen MR) is 61.9 cm³/mol. The molecule has 1 aliphatic heterocycles. The molecule has 1 saturated heterocycles. The number of carbonyl (C=O) groups excluding carboxylic acids is 1. The standard InChI is InChI=1S/C11H18N4O2/c1-9(16)11-12-10(17-13-11)3-4-15-7-5-14(2)6-8-15/h3-8H2,1-2H3. The molecule has 0 saturated carbocycles. The monoisotopic (exact) mass is 238 g/mol. The third-order valence-electron chi connectivity index (χ3n) is 3.02. The summed E-state index contributed by atoms with van der Waals surface area (Å²) in [5, 5.41) is 3.63. The molecule has 1 aromatic heterocycles. The molecule has 0 atom stereocenters. The number of aromatic nitrogens is 2. The number of piperazine rings is 1. The first-order valence-electron chi connectivity index (χ1n) is 5.89. The summed E-state index contributed by atoms with van der Waals surface area (Å²) >= 11 is 0. The second kappa shape index (κ2) is 5.37. The van der Waals surface area contributed by atoms with Gasteiger partial charge in [-0.15, -0.1) is 0 Å². The van der Waals surface area contributed by atoms with Gasteiger partial charge in [-0.25, -0.2) is 0 Å². The van der Waals surface area contributed by atoms with E-state index in [-0.39, 0.29) is 11.6 Å². The summed E-state index contributed by atoms with van der Waals surface area (Å²) in [7, 11) is 2.13. The van der Waals surface area contributed by atoms with Crippen LogP contribution in [-0.4, -0.2) is 65.5 Å². The molecular weight excluding hydrogens is 220 g/mol. The van der Waals surface area contributed by atoms with Crippen molar-refractivity contribution in [2.75, 3.05) is 39.8 Å². The number of likely N-dealkylation sites (N-methyl/N-ethyl adjacent to an activating group) is 1. The van der Waals surface area contributed by atoms with Crippen LogP contribution in [0.15, 0.2) is 4.52 Å². The van der Waals surface area contributed by atoms with Crippen LogP contribution in [0.25, 0.3) is 0 Å². The number of rotatable bonds is 4. The van der Waals surface area contributed by atoms with Crippen molar-refractivity contribution in [2.45, 2.75) is 13.3 Å². The number of hydrogen-bond acceptors (Lipinski definition) is 6. The van der Waals surface area contributed by atoms with Crippen LogP contribution in [0.4, 0.5) is 0 Å². The molecule has 0 bridgehead atoms. The summed E-state index contributed by atoms with van der Waals surface area (Å²) in [4.78, 5) is 19.7. The number of ketones is 1.